The Morgan fingerprint density at radius 3 is 2.80 bits per heavy atom. The quantitative estimate of drug-likeness (QED) is 0.886. The molecule has 1 N–H and O–H groups in total. The molecule has 1 aromatic carbocycles. The average Bonchev–Trinajstić information content (AvgIpc) is 3.04. The summed E-state index contributed by atoms with van der Waals surface area (Å²) in [7, 11) is 0. The Labute approximate surface area is 150 Å². The van der Waals surface area contributed by atoms with Gasteiger partial charge >= 0.3 is 6.09 Å². The Hall–Kier alpha value is -2.07. The SMILES string of the molecule is CC(C)(C)OC(=O)n1cccc1-c1cccc(C[C@@H]2CCCCN2)c1. The van der Waals surface area contributed by atoms with E-state index < -0.39 is 5.60 Å². The van der Waals surface area contributed by atoms with Gasteiger partial charge in [-0.05, 0) is 75.9 Å². The highest BCUT2D eigenvalue weighted by atomic mass is 16.6. The zero-order chi connectivity index (χ0) is 17.9. The van der Waals surface area contributed by atoms with Gasteiger partial charge in [0.05, 0.1) is 5.69 Å². The first-order chi connectivity index (χ1) is 11.9. The van der Waals surface area contributed by atoms with E-state index in [4.69, 9.17) is 4.74 Å². The molecular formula is C21H28N2O2. The number of hydrogen-bond acceptors (Lipinski definition) is 3. The molecule has 0 unspecified atom stereocenters. The molecule has 1 aliphatic rings. The number of hydrogen-bond donors (Lipinski definition) is 1. The summed E-state index contributed by atoms with van der Waals surface area (Å²) in [4.78, 5) is 12.4. The van der Waals surface area contributed by atoms with Gasteiger partial charge < -0.3 is 10.1 Å². The van der Waals surface area contributed by atoms with Crippen LogP contribution in [-0.2, 0) is 11.2 Å². The van der Waals surface area contributed by atoms with Crippen molar-refractivity contribution in [2.75, 3.05) is 6.54 Å². The Balaban J connectivity index is 1.79. The Morgan fingerprint density at radius 1 is 1.24 bits per heavy atom. The lowest BCUT2D eigenvalue weighted by molar-refractivity contribution is 0.0540. The maximum atomic E-state index is 12.4. The lowest BCUT2D eigenvalue weighted by Crippen LogP contribution is -2.35. The van der Waals surface area contributed by atoms with Crippen LogP contribution in [0.4, 0.5) is 4.79 Å². The number of benzene rings is 1. The van der Waals surface area contributed by atoms with Gasteiger partial charge in [-0.3, -0.25) is 4.57 Å². The van der Waals surface area contributed by atoms with Gasteiger partial charge in [-0.15, -0.1) is 0 Å². The minimum atomic E-state index is -0.507. The first kappa shape index (κ1) is 17.7. The van der Waals surface area contributed by atoms with Crippen LogP contribution in [0.15, 0.2) is 42.6 Å². The molecule has 1 aliphatic heterocycles. The minimum absolute atomic E-state index is 0.341. The van der Waals surface area contributed by atoms with E-state index in [1.165, 1.54) is 24.8 Å². The number of rotatable bonds is 3. The van der Waals surface area contributed by atoms with Crippen LogP contribution >= 0.6 is 0 Å². The van der Waals surface area contributed by atoms with E-state index >= 15 is 0 Å². The summed E-state index contributed by atoms with van der Waals surface area (Å²) in [5.41, 5.74) is 2.71. The van der Waals surface area contributed by atoms with Crippen molar-refractivity contribution in [2.45, 2.75) is 58.1 Å². The zero-order valence-electron chi connectivity index (χ0n) is 15.4. The third-order valence-corrected chi connectivity index (χ3v) is 4.46. The summed E-state index contributed by atoms with van der Waals surface area (Å²) in [5.74, 6) is 0. The number of nitrogens with zero attached hydrogens (tertiary/aromatic N) is 1. The molecule has 1 aromatic heterocycles. The standard InChI is InChI=1S/C21H28N2O2/c1-21(2,3)25-20(24)23-13-7-11-19(23)17-9-6-8-16(14-17)15-18-10-4-5-12-22-18/h6-9,11,13-14,18,22H,4-5,10,12,15H2,1-3H3/t18-/m0/s1. The first-order valence-electron chi connectivity index (χ1n) is 9.16. The molecule has 2 heterocycles. The molecular weight excluding hydrogens is 312 g/mol. The fourth-order valence-electron chi connectivity index (χ4n) is 3.33. The number of aromatic nitrogens is 1. The molecule has 0 amide bonds. The number of nitrogens with one attached hydrogen (secondary N) is 1. The van der Waals surface area contributed by atoms with Gasteiger partial charge in [0.1, 0.15) is 5.60 Å². The lowest BCUT2D eigenvalue weighted by Gasteiger charge is -2.23. The topological polar surface area (TPSA) is 43.3 Å². The maximum absolute atomic E-state index is 12.4. The van der Waals surface area contributed by atoms with E-state index in [1.54, 1.807) is 10.8 Å². The summed E-state index contributed by atoms with van der Waals surface area (Å²) < 4.78 is 7.10. The fourth-order valence-corrected chi connectivity index (χ4v) is 3.33. The third kappa shape index (κ3) is 4.73. The molecule has 2 aromatic rings. The van der Waals surface area contributed by atoms with Crippen LogP contribution < -0.4 is 5.32 Å². The molecule has 0 radical (unpaired) electrons. The van der Waals surface area contributed by atoms with E-state index in [-0.39, 0.29) is 6.09 Å². The van der Waals surface area contributed by atoms with E-state index in [0.29, 0.717) is 6.04 Å². The van der Waals surface area contributed by atoms with Crippen LogP contribution in [0.5, 0.6) is 0 Å². The summed E-state index contributed by atoms with van der Waals surface area (Å²) in [6, 6.07) is 12.9. The number of ether oxygens (including phenoxy) is 1. The lowest BCUT2D eigenvalue weighted by atomic mass is 9.96. The molecule has 1 atom stereocenters. The molecule has 25 heavy (non-hydrogen) atoms. The summed E-state index contributed by atoms with van der Waals surface area (Å²) >= 11 is 0. The van der Waals surface area contributed by atoms with Crippen molar-refractivity contribution in [2.24, 2.45) is 0 Å². The predicted molar refractivity (Wildman–Crippen MR) is 101 cm³/mol. The second kappa shape index (κ2) is 7.44. The van der Waals surface area contributed by atoms with Gasteiger partial charge in [-0.25, -0.2) is 4.79 Å². The minimum Gasteiger partial charge on any atom is -0.443 e. The van der Waals surface area contributed by atoms with E-state index in [0.717, 1.165) is 24.2 Å². The van der Waals surface area contributed by atoms with Crippen LogP contribution in [0.2, 0.25) is 0 Å². The van der Waals surface area contributed by atoms with Crippen LogP contribution in [0, 0.1) is 0 Å². The Kier molecular flexibility index (Phi) is 5.28. The van der Waals surface area contributed by atoms with Gasteiger partial charge in [-0.1, -0.05) is 24.6 Å². The van der Waals surface area contributed by atoms with Gasteiger partial charge in [-0.2, -0.15) is 0 Å². The fraction of sp³-hybridized carbons (Fsp3) is 0.476. The Morgan fingerprint density at radius 2 is 2.08 bits per heavy atom. The predicted octanol–water partition coefficient (Wildman–Crippen LogP) is 4.62. The molecule has 4 heteroatoms. The van der Waals surface area contributed by atoms with Crippen molar-refractivity contribution in [1.29, 1.82) is 0 Å². The van der Waals surface area contributed by atoms with Crippen molar-refractivity contribution in [3.63, 3.8) is 0 Å². The molecule has 1 fully saturated rings. The zero-order valence-corrected chi connectivity index (χ0v) is 15.4. The van der Waals surface area contributed by atoms with Crippen molar-refractivity contribution < 1.29 is 9.53 Å². The number of carbonyl (C=O) groups excluding carboxylic acids is 1. The molecule has 0 spiro atoms. The van der Waals surface area contributed by atoms with Crippen LogP contribution in [-0.4, -0.2) is 28.8 Å². The normalized spacial score (nSPS) is 18.1. The van der Waals surface area contributed by atoms with Gasteiger partial charge in [0.15, 0.2) is 0 Å². The third-order valence-electron chi connectivity index (χ3n) is 4.46. The highest BCUT2D eigenvalue weighted by Gasteiger charge is 2.20. The molecule has 4 nitrogen and oxygen atoms in total. The van der Waals surface area contributed by atoms with Crippen LogP contribution in [0.3, 0.4) is 0 Å². The molecule has 134 valence electrons. The Bertz CT molecular complexity index is 721. The van der Waals surface area contributed by atoms with E-state index in [1.807, 2.05) is 39.0 Å². The molecule has 3 rings (SSSR count). The van der Waals surface area contributed by atoms with Crippen molar-refractivity contribution >= 4 is 6.09 Å². The molecule has 0 aliphatic carbocycles. The summed E-state index contributed by atoms with van der Waals surface area (Å²) in [5, 5.41) is 3.60. The highest BCUT2D eigenvalue weighted by molar-refractivity contribution is 5.78. The smallest absolute Gasteiger partial charge is 0.418 e. The monoisotopic (exact) mass is 340 g/mol. The van der Waals surface area contributed by atoms with Crippen LogP contribution in [0.25, 0.3) is 11.3 Å². The summed E-state index contributed by atoms with van der Waals surface area (Å²) in [6.45, 7) is 6.76. The van der Waals surface area contributed by atoms with Gasteiger partial charge in [0.2, 0.25) is 0 Å². The second-order valence-corrected chi connectivity index (χ2v) is 7.80. The first-order valence-corrected chi connectivity index (χ1v) is 9.16. The van der Waals surface area contributed by atoms with Gasteiger partial charge in [0.25, 0.3) is 0 Å². The highest BCUT2D eigenvalue weighted by Crippen LogP contribution is 2.24. The van der Waals surface area contributed by atoms with Crippen molar-refractivity contribution in [3.05, 3.63) is 48.2 Å². The van der Waals surface area contributed by atoms with Crippen molar-refractivity contribution in [1.82, 2.24) is 9.88 Å². The summed E-state index contributed by atoms with van der Waals surface area (Å²) in [6.07, 6.45) is 6.27. The molecule has 0 bridgehead atoms. The molecule has 0 saturated carbocycles. The van der Waals surface area contributed by atoms with Gasteiger partial charge in [0, 0.05) is 12.2 Å². The van der Waals surface area contributed by atoms with E-state index in [9.17, 15) is 4.79 Å². The van der Waals surface area contributed by atoms with Crippen molar-refractivity contribution in [3.8, 4) is 11.3 Å². The number of piperidine rings is 1. The van der Waals surface area contributed by atoms with E-state index in [2.05, 4.69) is 23.5 Å². The number of carbonyl (C=O) groups is 1. The second-order valence-electron chi connectivity index (χ2n) is 7.80. The van der Waals surface area contributed by atoms with Crippen LogP contribution in [0.1, 0.15) is 45.6 Å². The average molecular weight is 340 g/mol. The largest absolute Gasteiger partial charge is 0.443 e. The maximum Gasteiger partial charge on any atom is 0.418 e. The molecule has 1 saturated heterocycles.